The third-order valence-electron chi connectivity index (χ3n) is 3.67. The molecule has 0 aliphatic rings. The lowest BCUT2D eigenvalue weighted by Crippen LogP contribution is -2.39. The Morgan fingerprint density at radius 1 is 0.964 bits per heavy atom. The molecule has 1 aromatic carbocycles. The number of hydrogen-bond acceptors (Lipinski definition) is 4. The fraction of sp³-hybridized carbons (Fsp3) is 0.619. The standard InChI is InChI=1S/C21H36N4O3/c1-21(2,3)28-20(26)25-14-8-13-23-19(22-4)24-15-9-16-27-17-12-18-10-6-5-7-11-18/h5-7,10-11H,8-9,12-17H2,1-4H3,(H,25,26)(H2,22,23,24). The molecule has 1 amide bonds. The zero-order chi connectivity index (χ0) is 20.7. The van der Waals surface area contributed by atoms with Gasteiger partial charge in [0, 0.05) is 33.3 Å². The highest BCUT2D eigenvalue weighted by atomic mass is 16.6. The molecule has 0 unspecified atom stereocenters. The summed E-state index contributed by atoms with van der Waals surface area (Å²) in [6.07, 6.45) is 2.25. The molecule has 1 aromatic rings. The van der Waals surface area contributed by atoms with Crippen LogP contribution in [0.2, 0.25) is 0 Å². The molecule has 7 nitrogen and oxygen atoms in total. The third kappa shape index (κ3) is 13.0. The van der Waals surface area contributed by atoms with Crippen LogP contribution in [0.4, 0.5) is 4.79 Å². The number of amides is 1. The molecular weight excluding hydrogens is 356 g/mol. The van der Waals surface area contributed by atoms with E-state index in [1.165, 1.54) is 5.56 Å². The van der Waals surface area contributed by atoms with E-state index >= 15 is 0 Å². The Hall–Kier alpha value is -2.28. The highest BCUT2D eigenvalue weighted by Crippen LogP contribution is 2.06. The quantitative estimate of drug-likeness (QED) is 0.306. The Bertz CT molecular complexity index is 571. The number of rotatable bonds is 11. The minimum atomic E-state index is -0.473. The molecule has 158 valence electrons. The first-order chi connectivity index (χ1) is 13.4. The predicted molar refractivity (Wildman–Crippen MR) is 114 cm³/mol. The van der Waals surface area contributed by atoms with E-state index in [2.05, 4.69) is 33.1 Å². The van der Waals surface area contributed by atoms with Crippen LogP contribution in [0.1, 0.15) is 39.2 Å². The van der Waals surface area contributed by atoms with E-state index < -0.39 is 5.60 Å². The molecule has 0 heterocycles. The van der Waals surface area contributed by atoms with E-state index in [9.17, 15) is 4.79 Å². The highest BCUT2D eigenvalue weighted by Gasteiger charge is 2.15. The molecule has 0 fully saturated rings. The smallest absolute Gasteiger partial charge is 0.407 e. The van der Waals surface area contributed by atoms with E-state index in [4.69, 9.17) is 9.47 Å². The number of nitrogens with one attached hydrogen (secondary N) is 3. The van der Waals surface area contributed by atoms with Crippen LogP contribution < -0.4 is 16.0 Å². The Morgan fingerprint density at radius 2 is 1.61 bits per heavy atom. The van der Waals surface area contributed by atoms with Gasteiger partial charge in [0.2, 0.25) is 0 Å². The summed E-state index contributed by atoms with van der Waals surface area (Å²) in [6, 6.07) is 10.3. The maximum Gasteiger partial charge on any atom is 0.407 e. The van der Waals surface area contributed by atoms with E-state index in [1.807, 2.05) is 39.0 Å². The number of hydrogen-bond donors (Lipinski definition) is 3. The van der Waals surface area contributed by atoms with Crippen LogP contribution >= 0.6 is 0 Å². The summed E-state index contributed by atoms with van der Waals surface area (Å²) < 4.78 is 10.9. The first-order valence-electron chi connectivity index (χ1n) is 9.94. The van der Waals surface area contributed by atoms with Crippen molar-refractivity contribution >= 4 is 12.1 Å². The second kappa shape index (κ2) is 13.8. The van der Waals surface area contributed by atoms with Gasteiger partial charge < -0.3 is 25.4 Å². The maximum absolute atomic E-state index is 11.5. The number of guanidine groups is 1. The van der Waals surface area contributed by atoms with Crippen molar-refractivity contribution in [2.45, 2.75) is 45.6 Å². The van der Waals surface area contributed by atoms with E-state index in [0.29, 0.717) is 13.1 Å². The number of nitrogens with zero attached hydrogens (tertiary/aromatic N) is 1. The van der Waals surface area contributed by atoms with Gasteiger partial charge in [-0.2, -0.15) is 0 Å². The number of ether oxygens (including phenoxy) is 2. The average Bonchev–Trinajstić information content (AvgIpc) is 2.64. The second-order valence-corrected chi connectivity index (χ2v) is 7.41. The number of aliphatic imine (C=N–C) groups is 1. The van der Waals surface area contributed by atoms with Crippen molar-refractivity contribution in [3.8, 4) is 0 Å². The molecule has 0 aliphatic heterocycles. The fourth-order valence-corrected chi connectivity index (χ4v) is 2.34. The minimum Gasteiger partial charge on any atom is -0.444 e. The maximum atomic E-state index is 11.5. The molecule has 7 heteroatoms. The summed E-state index contributed by atoms with van der Waals surface area (Å²) in [5, 5.41) is 9.21. The topological polar surface area (TPSA) is 84.0 Å². The first-order valence-corrected chi connectivity index (χ1v) is 9.94. The summed E-state index contributed by atoms with van der Waals surface area (Å²) in [7, 11) is 1.74. The van der Waals surface area contributed by atoms with Gasteiger partial charge in [-0.25, -0.2) is 4.79 Å². The largest absolute Gasteiger partial charge is 0.444 e. The molecule has 0 radical (unpaired) electrons. The van der Waals surface area contributed by atoms with Crippen molar-refractivity contribution < 1.29 is 14.3 Å². The summed E-state index contributed by atoms with van der Waals surface area (Å²) >= 11 is 0. The van der Waals surface area contributed by atoms with Gasteiger partial charge >= 0.3 is 6.09 Å². The van der Waals surface area contributed by atoms with Gasteiger partial charge in [-0.05, 0) is 45.6 Å². The predicted octanol–water partition coefficient (Wildman–Crippen LogP) is 2.72. The Balaban J connectivity index is 1.98. The number of carbonyl (C=O) groups excluding carboxylic acids is 1. The van der Waals surface area contributed by atoms with Crippen molar-refractivity contribution in [2.75, 3.05) is 39.9 Å². The van der Waals surface area contributed by atoms with Crippen LogP contribution in [0.5, 0.6) is 0 Å². The van der Waals surface area contributed by atoms with Gasteiger partial charge in [0.25, 0.3) is 0 Å². The van der Waals surface area contributed by atoms with Crippen molar-refractivity contribution in [1.82, 2.24) is 16.0 Å². The molecule has 0 atom stereocenters. The molecule has 1 rings (SSSR count). The van der Waals surface area contributed by atoms with Gasteiger partial charge in [0.1, 0.15) is 5.60 Å². The van der Waals surface area contributed by atoms with Gasteiger partial charge in [0.15, 0.2) is 5.96 Å². The molecule has 0 saturated carbocycles. The Labute approximate surface area is 169 Å². The molecule has 0 aromatic heterocycles. The zero-order valence-electron chi connectivity index (χ0n) is 17.7. The normalized spacial score (nSPS) is 11.8. The van der Waals surface area contributed by atoms with Crippen LogP contribution in [-0.2, 0) is 15.9 Å². The monoisotopic (exact) mass is 392 g/mol. The number of benzene rings is 1. The Morgan fingerprint density at radius 3 is 2.25 bits per heavy atom. The van der Waals surface area contributed by atoms with Crippen LogP contribution in [0.3, 0.4) is 0 Å². The number of alkyl carbamates (subject to hydrolysis) is 1. The van der Waals surface area contributed by atoms with Gasteiger partial charge in [-0.1, -0.05) is 30.3 Å². The minimum absolute atomic E-state index is 0.387. The lowest BCUT2D eigenvalue weighted by molar-refractivity contribution is 0.0527. The summed E-state index contributed by atoms with van der Waals surface area (Å²) in [5.41, 5.74) is 0.825. The number of carbonyl (C=O) groups is 1. The van der Waals surface area contributed by atoms with Crippen molar-refractivity contribution in [3.63, 3.8) is 0 Å². The molecule has 28 heavy (non-hydrogen) atoms. The van der Waals surface area contributed by atoms with Crippen molar-refractivity contribution in [2.24, 2.45) is 4.99 Å². The van der Waals surface area contributed by atoms with E-state index in [1.54, 1.807) is 7.05 Å². The lowest BCUT2D eigenvalue weighted by Gasteiger charge is -2.19. The second-order valence-electron chi connectivity index (χ2n) is 7.41. The third-order valence-corrected chi connectivity index (χ3v) is 3.67. The van der Waals surface area contributed by atoms with Crippen LogP contribution in [-0.4, -0.2) is 57.5 Å². The summed E-state index contributed by atoms with van der Waals surface area (Å²) in [5.74, 6) is 0.751. The summed E-state index contributed by atoms with van der Waals surface area (Å²) in [4.78, 5) is 15.7. The van der Waals surface area contributed by atoms with Crippen LogP contribution in [0, 0.1) is 0 Å². The van der Waals surface area contributed by atoms with Gasteiger partial charge in [-0.15, -0.1) is 0 Å². The summed E-state index contributed by atoms with van der Waals surface area (Å²) in [6.45, 7) is 9.05. The van der Waals surface area contributed by atoms with Crippen molar-refractivity contribution in [1.29, 1.82) is 0 Å². The molecule has 0 aliphatic carbocycles. The van der Waals surface area contributed by atoms with Gasteiger partial charge in [-0.3, -0.25) is 4.99 Å². The highest BCUT2D eigenvalue weighted by molar-refractivity contribution is 5.79. The fourth-order valence-electron chi connectivity index (χ4n) is 2.34. The SMILES string of the molecule is CN=C(NCCCNC(=O)OC(C)(C)C)NCCCOCCc1ccccc1. The van der Waals surface area contributed by atoms with E-state index in [-0.39, 0.29) is 6.09 Å². The first kappa shape index (κ1) is 23.8. The molecule has 3 N–H and O–H groups in total. The Kier molecular flexibility index (Phi) is 11.7. The van der Waals surface area contributed by atoms with E-state index in [0.717, 1.165) is 45.0 Å². The molecule has 0 saturated heterocycles. The lowest BCUT2D eigenvalue weighted by atomic mass is 10.2. The average molecular weight is 393 g/mol. The molecule has 0 bridgehead atoms. The molecule has 0 spiro atoms. The van der Waals surface area contributed by atoms with Crippen LogP contribution in [0.25, 0.3) is 0 Å². The van der Waals surface area contributed by atoms with Crippen molar-refractivity contribution in [3.05, 3.63) is 35.9 Å². The zero-order valence-corrected chi connectivity index (χ0v) is 17.7. The van der Waals surface area contributed by atoms with Gasteiger partial charge in [0.05, 0.1) is 6.61 Å². The van der Waals surface area contributed by atoms with Crippen LogP contribution in [0.15, 0.2) is 35.3 Å². The molecular formula is C21H36N4O3.